The average molecular weight is 441 g/mol. The minimum absolute atomic E-state index is 0.443. The van der Waals surface area contributed by atoms with Crippen molar-refractivity contribution in [1.82, 2.24) is 15.2 Å². The van der Waals surface area contributed by atoms with Gasteiger partial charge >= 0.3 is 0 Å². The second-order valence-electron chi connectivity index (χ2n) is 7.17. The van der Waals surface area contributed by atoms with Crippen LogP contribution in [0.5, 0.6) is 0 Å². The van der Waals surface area contributed by atoms with Crippen molar-refractivity contribution in [2.75, 3.05) is 44.2 Å². The van der Waals surface area contributed by atoms with E-state index in [1.165, 1.54) is 0 Å². The van der Waals surface area contributed by atoms with Gasteiger partial charge in [-0.25, -0.2) is 0 Å². The maximum atomic E-state index is 10.8. The first kappa shape index (κ1) is 19.3. The van der Waals surface area contributed by atoms with Crippen molar-refractivity contribution < 1.29 is 5.11 Å². The number of nitrogens with one attached hydrogen (secondary N) is 1. The summed E-state index contributed by atoms with van der Waals surface area (Å²) in [6.07, 6.45) is 1.37. The molecular weight excluding hydrogens is 416 g/mol. The van der Waals surface area contributed by atoms with E-state index in [0.717, 1.165) is 52.9 Å². The van der Waals surface area contributed by atoms with Crippen molar-refractivity contribution >= 4 is 38.2 Å². The molecule has 28 heavy (non-hydrogen) atoms. The monoisotopic (exact) mass is 440 g/mol. The van der Waals surface area contributed by atoms with Crippen LogP contribution in [0.25, 0.3) is 10.9 Å². The molecule has 3 aromatic rings. The number of hydrogen-bond donors (Lipinski definition) is 2. The highest BCUT2D eigenvalue weighted by molar-refractivity contribution is 9.10. The quantitative estimate of drug-likeness (QED) is 0.614. The fraction of sp³-hybridized carbons (Fsp3) is 0.318. The highest BCUT2D eigenvalue weighted by atomic mass is 79.9. The number of β-amino-alcohol motifs (C(OH)–C–C–N with tert-alkyl or cyclic N) is 1. The van der Waals surface area contributed by atoms with E-state index in [2.05, 4.69) is 72.4 Å². The number of nitrogens with zero attached hydrogens (tertiary/aromatic N) is 3. The summed E-state index contributed by atoms with van der Waals surface area (Å²) in [5.74, 6) is 0. The Hall–Kier alpha value is -1.99. The largest absolute Gasteiger partial charge is 0.390 e. The minimum Gasteiger partial charge on any atom is -0.390 e. The van der Waals surface area contributed by atoms with Gasteiger partial charge in [0, 0.05) is 60.2 Å². The van der Waals surface area contributed by atoms with E-state index >= 15 is 0 Å². The van der Waals surface area contributed by atoms with Crippen LogP contribution in [0.15, 0.2) is 65.3 Å². The topological polar surface area (TPSA) is 51.6 Å². The maximum Gasteiger partial charge on any atom is 0.0845 e. The van der Waals surface area contributed by atoms with Gasteiger partial charge in [0.2, 0.25) is 0 Å². The summed E-state index contributed by atoms with van der Waals surface area (Å²) in [6, 6.07) is 18.5. The molecule has 1 aromatic heterocycles. The van der Waals surface area contributed by atoms with Crippen molar-refractivity contribution in [1.29, 1.82) is 0 Å². The number of hydrogen-bond acceptors (Lipinski definition) is 5. The molecule has 1 aliphatic heterocycles. The molecular formula is C22H25BrN4O. The van der Waals surface area contributed by atoms with E-state index in [1.54, 1.807) is 0 Å². The summed E-state index contributed by atoms with van der Waals surface area (Å²) in [5.41, 5.74) is 3.05. The van der Waals surface area contributed by atoms with Gasteiger partial charge in [0.15, 0.2) is 0 Å². The molecule has 0 amide bonds. The van der Waals surface area contributed by atoms with Crippen LogP contribution in [-0.2, 0) is 0 Å². The van der Waals surface area contributed by atoms with Crippen LogP contribution in [0.2, 0.25) is 0 Å². The number of benzene rings is 2. The number of rotatable bonds is 6. The molecule has 6 heteroatoms. The first-order valence-electron chi connectivity index (χ1n) is 9.68. The number of anilines is 2. The van der Waals surface area contributed by atoms with Gasteiger partial charge in [0.05, 0.1) is 18.2 Å². The summed E-state index contributed by atoms with van der Waals surface area (Å²) in [7, 11) is 0. The van der Waals surface area contributed by atoms with E-state index in [9.17, 15) is 5.11 Å². The van der Waals surface area contributed by atoms with Crippen LogP contribution in [0.3, 0.4) is 0 Å². The third kappa shape index (κ3) is 4.70. The average Bonchev–Trinajstić information content (AvgIpc) is 2.73. The van der Waals surface area contributed by atoms with E-state index in [1.807, 2.05) is 24.4 Å². The zero-order chi connectivity index (χ0) is 19.3. The lowest BCUT2D eigenvalue weighted by Gasteiger charge is -2.32. The molecule has 0 spiro atoms. The molecule has 1 unspecified atom stereocenters. The number of halogens is 1. The van der Waals surface area contributed by atoms with Crippen molar-refractivity contribution in [3.63, 3.8) is 0 Å². The van der Waals surface area contributed by atoms with Gasteiger partial charge in [-0.15, -0.1) is 0 Å². The van der Waals surface area contributed by atoms with Crippen LogP contribution in [0, 0.1) is 0 Å². The number of aliphatic hydroxyl groups is 1. The van der Waals surface area contributed by atoms with Crippen LogP contribution in [-0.4, -0.2) is 60.4 Å². The molecule has 5 nitrogen and oxygen atoms in total. The molecule has 146 valence electrons. The molecule has 0 bridgehead atoms. The summed E-state index contributed by atoms with van der Waals surface area (Å²) >= 11 is 3.51. The van der Waals surface area contributed by atoms with Crippen molar-refractivity contribution in [2.45, 2.75) is 6.10 Å². The second kappa shape index (κ2) is 9.01. The Balaban J connectivity index is 1.60. The van der Waals surface area contributed by atoms with Crippen LogP contribution in [0.4, 0.5) is 11.4 Å². The smallest absolute Gasteiger partial charge is 0.0845 e. The molecule has 2 N–H and O–H groups in total. The number of aliphatic hydroxyl groups excluding tert-OH is 1. The molecule has 0 aliphatic carbocycles. The Morgan fingerprint density at radius 1 is 1.07 bits per heavy atom. The van der Waals surface area contributed by atoms with Crippen molar-refractivity contribution in [2.24, 2.45) is 0 Å². The summed E-state index contributed by atoms with van der Waals surface area (Å²) in [6.45, 7) is 5.15. The lowest BCUT2D eigenvalue weighted by atomic mass is 10.1. The zero-order valence-electron chi connectivity index (χ0n) is 15.8. The van der Waals surface area contributed by atoms with Gasteiger partial charge in [-0.3, -0.25) is 9.88 Å². The summed E-state index contributed by atoms with van der Waals surface area (Å²) < 4.78 is 1.04. The fourth-order valence-corrected chi connectivity index (χ4v) is 3.93. The van der Waals surface area contributed by atoms with Crippen LogP contribution < -0.4 is 10.2 Å². The molecule has 2 heterocycles. The highest BCUT2D eigenvalue weighted by Gasteiger charge is 2.19. The Labute approximate surface area is 174 Å². The second-order valence-corrected chi connectivity index (χ2v) is 8.09. The molecule has 1 atom stereocenters. The third-order valence-corrected chi connectivity index (χ3v) is 5.64. The van der Waals surface area contributed by atoms with E-state index in [-0.39, 0.29) is 0 Å². The van der Waals surface area contributed by atoms with Gasteiger partial charge in [-0.1, -0.05) is 28.1 Å². The van der Waals surface area contributed by atoms with E-state index in [0.29, 0.717) is 13.1 Å². The Bertz CT molecular complexity index is 912. The molecule has 1 saturated heterocycles. The van der Waals surface area contributed by atoms with Gasteiger partial charge in [0.1, 0.15) is 0 Å². The van der Waals surface area contributed by atoms with E-state index < -0.39 is 6.10 Å². The Kier molecular flexibility index (Phi) is 6.22. The number of pyridine rings is 1. The van der Waals surface area contributed by atoms with Gasteiger partial charge in [-0.2, -0.15) is 0 Å². The Morgan fingerprint density at radius 2 is 1.82 bits per heavy atom. The maximum absolute atomic E-state index is 10.8. The standard InChI is InChI=1S/C22H25BrN4O/c23-18-4-7-19(8-5-18)27(16-21(28)15-26-12-10-24-11-13-26)20-6-3-17-2-1-9-25-22(17)14-20/h1-9,14,21,24,28H,10-13,15-16H2. The summed E-state index contributed by atoms with van der Waals surface area (Å²) in [5, 5.41) is 15.3. The molecule has 1 aliphatic rings. The van der Waals surface area contributed by atoms with Crippen LogP contribution in [0.1, 0.15) is 0 Å². The first-order chi connectivity index (χ1) is 13.7. The molecule has 4 rings (SSSR count). The zero-order valence-corrected chi connectivity index (χ0v) is 17.3. The van der Waals surface area contributed by atoms with Gasteiger partial charge in [0.25, 0.3) is 0 Å². The molecule has 0 radical (unpaired) electrons. The number of aromatic nitrogens is 1. The fourth-order valence-electron chi connectivity index (χ4n) is 3.66. The first-order valence-corrected chi connectivity index (χ1v) is 10.5. The third-order valence-electron chi connectivity index (χ3n) is 5.11. The highest BCUT2D eigenvalue weighted by Crippen LogP contribution is 2.29. The van der Waals surface area contributed by atoms with Crippen molar-refractivity contribution in [3.8, 4) is 0 Å². The van der Waals surface area contributed by atoms with Gasteiger partial charge < -0.3 is 15.3 Å². The molecule has 2 aromatic carbocycles. The number of piperazine rings is 1. The minimum atomic E-state index is -0.443. The number of fused-ring (bicyclic) bond motifs is 1. The van der Waals surface area contributed by atoms with E-state index in [4.69, 9.17) is 0 Å². The predicted molar refractivity (Wildman–Crippen MR) is 118 cm³/mol. The predicted octanol–water partition coefficient (Wildman–Crippen LogP) is 3.40. The summed E-state index contributed by atoms with van der Waals surface area (Å²) in [4.78, 5) is 8.99. The van der Waals surface area contributed by atoms with Gasteiger partial charge in [-0.05, 0) is 42.5 Å². The Morgan fingerprint density at radius 3 is 2.61 bits per heavy atom. The molecule has 1 fully saturated rings. The van der Waals surface area contributed by atoms with Crippen molar-refractivity contribution in [3.05, 3.63) is 65.3 Å². The SMILES string of the molecule is OC(CN1CCNCC1)CN(c1ccc(Br)cc1)c1ccc2cccnc2c1. The lowest BCUT2D eigenvalue weighted by Crippen LogP contribution is -2.48. The normalized spacial score (nSPS) is 16.2. The lowest BCUT2D eigenvalue weighted by molar-refractivity contribution is 0.111. The van der Waals surface area contributed by atoms with Crippen LogP contribution >= 0.6 is 15.9 Å². The molecule has 0 saturated carbocycles.